The topological polar surface area (TPSA) is 37.8 Å². The maximum atomic E-state index is 4.51. The van der Waals surface area contributed by atoms with Gasteiger partial charge in [0, 0.05) is 18.1 Å². The lowest BCUT2D eigenvalue weighted by atomic mass is 9.82. The molecule has 1 aromatic carbocycles. The smallest absolute Gasteiger partial charge is 0.223 e. The summed E-state index contributed by atoms with van der Waals surface area (Å²) in [5.41, 5.74) is 1.28. The normalized spacial score (nSPS) is 13.6. The first-order chi connectivity index (χ1) is 8.47. The maximum Gasteiger partial charge on any atom is 0.223 e. The Kier molecular flexibility index (Phi) is 3.50. The van der Waals surface area contributed by atoms with Crippen molar-refractivity contribution in [1.29, 1.82) is 0 Å². The Bertz CT molecular complexity index is 528. The molecule has 0 saturated heterocycles. The summed E-state index contributed by atoms with van der Waals surface area (Å²) >= 11 is 0. The molecule has 0 fully saturated rings. The summed E-state index contributed by atoms with van der Waals surface area (Å²) < 4.78 is 0. The van der Waals surface area contributed by atoms with Gasteiger partial charge in [0.15, 0.2) is 0 Å². The maximum absolute atomic E-state index is 4.51. The van der Waals surface area contributed by atoms with E-state index in [0.29, 0.717) is 17.3 Å². The van der Waals surface area contributed by atoms with Crippen LogP contribution in [-0.2, 0) is 0 Å². The Labute approximate surface area is 109 Å². The summed E-state index contributed by atoms with van der Waals surface area (Å²) in [6.07, 6.45) is 1.87. The molecular weight excluding hydrogens is 222 g/mol. The van der Waals surface area contributed by atoms with E-state index in [1.54, 1.807) is 0 Å². The second kappa shape index (κ2) is 4.92. The quantitative estimate of drug-likeness (QED) is 0.892. The van der Waals surface area contributed by atoms with Crippen molar-refractivity contribution in [2.75, 3.05) is 11.9 Å². The molecule has 18 heavy (non-hydrogen) atoms. The van der Waals surface area contributed by atoms with Gasteiger partial charge in [0.1, 0.15) is 0 Å². The highest BCUT2D eigenvalue weighted by Crippen LogP contribution is 2.25. The third-order valence-corrected chi connectivity index (χ3v) is 3.53. The number of para-hydroxylation sites is 1. The van der Waals surface area contributed by atoms with Crippen LogP contribution in [0.2, 0.25) is 0 Å². The van der Waals surface area contributed by atoms with Gasteiger partial charge in [-0.05, 0) is 17.4 Å². The van der Waals surface area contributed by atoms with E-state index in [1.807, 2.05) is 30.5 Å². The van der Waals surface area contributed by atoms with Crippen LogP contribution in [-0.4, -0.2) is 16.5 Å². The lowest BCUT2D eigenvalue weighted by Gasteiger charge is -2.27. The van der Waals surface area contributed by atoms with Crippen molar-refractivity contribution in [3.05, 3.63) is 30.5 Å². The van der Waals surface area contributed by atoms with E-state index in [1.165, 1.54) is 0 Å². The van der Waals surface area contributed by atoms with E-state index in [4.69, 9.17) is 0 Å². The molecule has 1 N–H and O–H groups in total. The molecule has 0 aliphatic heterocycles. The molecule has 96 valence electrons. The van der Waals surface area contributed by atoms with E-state index < -0.39 is 0 Å². The molecular formula is C15H21N3. The van der Waals surface area contributed by atoms with Gasteiger partial charge in [0.05, 0.1) is 5.52 Å². The van der Waals surface area contributed by atoms with Crippen LogP contribution in [0.1, 0.15) is 27.7 Å². The van der Waals surface area contributed by atoms with Crippen LogP contribution in [0.25, 0.3) is 10.9 Å². The molecule has 2 rings (SSSR count). The van der Waals surface area contributed by atoms with Crippen LogP contribution >= 0.6 is 0 Å². The zero-order valence-corrected chi connectivity index (χ0v) is 11.6. The van der Waals surface area contributed by atoms with E-state index in [2.05, 4.69) is 43.0 Å². The first kappa shape index (κ1) is 12.8. The Morgan fingerprint density at radius 3 is 2.67 bits per heavy atom. The van der Waals surface area contributed by atoms with Crippen LogP contribution < -0.4 is 5.32 Å². The van der Waals surface area contributed by atoms with Crippen LogP contribution in [0.4, 0.5) is 5.95 Å². The Hall–Kier alpha value is -1.64. The third-order valence-electron chi connectivity index (χ3n) is 3.53. The first-order valence-electron chi connectivity index (χ1n) is 6.42. The number of benzene rings is 1. The monoisotopic (exact) mass is 243 g/mol. The fourth-order valence-corrected chi connectivity index (χ4v) is 1.61. The minimum absolute atomic E-state index is 0.295. The van der Waals surface area contributed by atoms with Crippen molar-refractivity contribution < 1.29 is 0 Å². The molecule has 2 aromatic rings. The second-order valence-electron chi connectivity index (χ2n) is 5.90. The van der Waals surface area contributed by atoms with E-state index >= 15 is 0 Å². The third kappa shape index (κ3) is 2.97. The van der Waals surface area contributed by atoms with Gasteiger partial charge in [-0.25, -0.2) is 9.97 Å². The summed E-state index contributed by atoms with van der Waals surface area (Å²) in [5.74, 6) is 1.28. The summed E-state index contributed by atoms with van der Waals surface area (Å²) in [6.45, 7) is 9.89. The number of hydrogen-bond acceptors (Lipinski definition) is 3. The average Bonchev–Trinajstić information content (AvgIpc) is 2.34. The number of nitrogens with zero attached hydrogens (tertiary/aromatic N) is 2. The van der Waals surface area contributed by atoms with Gasteiger partial charge in [0.2, 0.25) is 5.95 Å². The zero-order chi connectivity index (χ0) is 13.2. The molecule has 1 atom stereocenters. The highest BCUT2D eigenvalue weighted by molar-refractivity contribution is 5.78. The van der Waals surface area contributed by atoms with Crippen LogP contribution in [0.3, 0.4) is 0 Å². The number of nitrogens with one attached hydrogen (secondary N) is 1. The van der Waals surface area contributed by atoms with Gasteiger partial charge >= 0.3 is 0 Å². The number of hydrogen-bond donors (Lipinski definition) is 1. The van der Waals surface area contributed by atoms with Crippen molar-refractivity contribution in [2.45, 2.75) is 27.7 Å². The Balaban J connectivity index is 2.08. The number of rotatable bonds is 3. The molecule has 1 heterocycles. The molecule has 0 aliphatic carbocycles. The number of fused-ring (bicyclic) bond motifs is 1. The molecule has 0 amide bonds. The summed E-state index contributed by atoms with van der Waals surface area (Å²) in [5, 5.41) is 4.40. The van der Waals surface area contributed by atoms with Crippen molar-refractivity contribution in [3.8, 4) is 0 Å². The molecule has 0 aliphatic rings. The van der Waals surface area contributed by atoms with Gasteiger partial charge < -0.3 is 5.32 Å². The number of aromatic nitrogens is 2. The van der Waals surface area contributed by atoms with E-state index in [-0.39, 0.29) is 0 Å². The largest absolute Gasteiger partial charge is 0.354 e. The van der Waals surface area contributed by atoms with Gasteiger partial charge in [-0.15, -0.1) is 0 Å². The van der Waals surface area contributed by atoms with Crippen LogP contribution in [0.5, 0.6) is 0 Å². The molecule has 3 heteroatoms. The minimum atomic E-state index is 0.295. The second-order valence-corrected chi connectivity index (χ2v) is 5.90. The van der Waals surface area contributed by atoms with Gasteiger partial charge in [-0.1, -0.05) is 45.9 Å². The molecule has 3 nitrogen and oxygen atoms in total. The fourth-order valence-electron chi connectivity index (χ4n) is 1.61. The standard InChI is InChI=1S/C15H21N3/c1-11(15(2,3)4)9-16-14-17-10-12-7-5-6-8-13(12)18-14/h5-8,10-11H,9H2,1-4H3,(H,16,17,18). The van der Waals surface area contributed by atoms with Crippen LogP contribution in [0, 0.1) is 11.3 Å². The Morgan fingerprint density at radius 2 is 1.94 bits per heavy atom. The molecule has 1 unspecified atom stereocenters. The predicted molar refractivity (Wildman–Crippen MR) is 76.6 cm³/mol. The minimum Gasteiger partial charge on any atom is -0.354 e. The molecule has 0 bridgehead atoms. The molecule has 0 radical (unpaired) electrons. The van der Waals surface area contributed by atoms with Gasteiger partial charge in [0.25, 0.3) is 0 Å². The SMILES string of the molecule is CC(CNc1ncc2ccccc2n1)C(C)(C)C. The van der Waals surface area contributed by atoms with Crippen LogP contribution in [0.15, 0.2) is 30.5 Å². The zero-order valence-electron chi connectivity index (χ0n) is 11.6. The average molecular weight is 243 g/mol. The fraction of sp³-hybridized carbons (Fsp3) is 0.467. The lowest BCUT2D eigenvalue weighted by molar-refractivity contribution is 0.274. The van der Waals surface area contributed by atoms with Crippen molar-refractivity contribution >= 4 is 16.9 Å². The van der Waals surface area contributed by atoms with E-state index in [9.17, 15) is 0 Å². The number of anilines is 1. The first-order valence-corrected chi connectivity index (χ1v) is 6.42. The van der Waals surface area contributed by atoms with E-state index in [0.717, 1.165) is 17.4 Å². The lowest BCUT2D eigenvalue weighted by Crippen LogP contribution is -2.25. The summed E-state index contributed by atoms with van der Waals surface area (Å²) in [6, 6.07) is 8.03. The van der Waals surface area contributed by atoms with Crippen molar-refractivity contribution in [3.63, 3.8) is 0 Å². The summed E-state index contributed by atoms with van der Waals surface area (Å²) in [4.78, 5) is 8.85. The Morgan fingerprint density at radius 1 is 1.22 bits per heavy atom. The molecule has 0 saturated carbocycles. The molecule has 0 spiro atoms. The van der Waals surface area contributed by atoms with Gasteiger partial charge in [-0.3, -0.25) is 0 Å². The summed E-state index contributed by atoms with van der Waals surface area (Å²) in [7, 11) is 0. The van der Waals surface area contributed by atoms with Crippen molar-refractivity contribution in [2.24, 2.45) is 11.3 Å². The van der Waals surface area contributed by atoms with Gasteiger partial charge in [-0.2, -0.15) is 0 Å². The molecule has 1 aromatic heterocycles. The predicted octanol–water partition coefficient (Wildman–Crippen LogP) is 3.72. The van der Waals surface area contributed by atoms with Crippen molar-refractivity contribution in [1.82, 2.24) is 9.97 Å². The highest BCUT2D eigenvalue weighted by Gasteiger charge is 2.19. The highest BCUT2D eigenvalue weighted by atomic mass is 15.1.